The van der Waals surface area contributed by atoms with Crippen LogP contribution in [0.3, 0.4) is 0 Å². The summed E-state index contributed by atoms with van der Waals surface area (Å²) in [6.45, 7) is 4.55. The van der Waals surface area contributed by atoms with Crippen molar-refractivity contribution in [1.82, 2.24) is 10.2 Å². The fourth-order valence-electron chi connectivity index (χ4n) is 3.34. The SMILES string of the molecule is CC(=O)N1CCNCC1CCC1CCCCC1. The third kappa shape index (κ3) is 3.70. The summed E-state index contributed by atoms with van der Waals surface area (Å²) < 4.78 is 0. The van der Waals surface area contributed by atoms with Gasteiger partial charge in [0.1, 0.15) is 0 Å². The molecule has 2 rings (SSSR count). The largest absolute Gasteiger partial charge is 0.337 e. The van der Waals surface area contributed by atoms with Crippen LogP contribution in [0.1, 0.15) is 51.9 Å². The Morgan fingerprint density at radius 3 is 2.71 bits per heavy atom. The van der Waals surface area contributed by atoms with Crippen molar-refractivity contribution in [2.45, 2.75) is 57.9 Å². The summed E-state index contributed by atoms with van der Waals surface area (Å²) in [4.78, 5) is 13.6. The highest BCUT2D eigenvalue weighted by Gasteiger charge is 2.25. The zero-order chi connectivity index (χ0) is 12.1. The maximum absolute atomic E-state index is 11.6. The molecule has 3 nitrogen and oxygen atoms in total. The van der Waals surface area contributed by atoms with E-state index >= 15 is 0 Å². The summed E-state index contributed by atoms with van der Waals surface area (Å²) in [6, 6.07) is 0.447. The summed E-state index contributed by atoms with van der Waals surface area (Å²) in [5.74, 6) is 1.18. The Morgan fingerprint density at radius 2 is 2.00 bits per heavy atom. The van der Waals surface area contributed by atoms with Crippen molar-refractivity contribution in [1.29, 1.82) is 0 Å². The summed E-state index contributed by atoms with van der Waals surface area (Å²) >= 11 is 0. The van der Waals surface area contributed by atoms with Crippen LogP contribution in [0.15, 0.2) is 0 Å². The number of piperazine rings is 1. The van der Waals surface area contributed by atoms with Crippen LogP contribution in [-0.4, -0.2) is 36.5 Å². The number of hydrogen-bond donors (Lipinski definition) is 1. The molecule has 1 N–H and O–H groups in total. The number of amides is 1. The van der Waals surface area contributed by atoms with E-state index in [2.05, 4.69) is 10.2 Å². The second kappa shape index (κ2) is 6.39. The van der Waals surface area contributed by atoms with E-state index < -0.39 is 0 Å². The van der Waals surface area contributed by atoms with Gasteiger partial charge >= 0.3 is 0 Å². The van der Waals surface area contributed by atoms with Crippen LogP contribution in [-0.2, 0) is 4.79 Å². The highest BCUT2D eigenvalue weighted by molar-refractivity contribution is 5.73. The first-order valence-electron chi connectivity index (χ1n) is 7.25. The Bertz CT molecular complexity index is 249. The molecule has 0 aromatic rings. The van der Waals surface area contributed by atoms with Crippen molar-refractivity contribution in [2.24, 2.45) is 5.92 Å². The lowest BCUT2D eigenvalue weighted by atomic mass is 9.85. The molecule has 98 valence electrons. The third-order valence-corrected chi connectivity index (χ3v) is 4.39. The molecule has 0 aromatic heterocycles. The Morgan fingerprint density at radius 1 is 1.24 bits per heavy atom. The quantitative estimate of drug-likeness (QED) is 0.817. The van der Waals surface area contributed by atoms with E-state index in [1.165, 1.54) is 44.9 Å². The standard InChI is InChI=1S/C14H26N2O/c1-12(17)16-10-9-15-11-14(16)8-7-13-5-3-2-4-6-13/h13-15H,2-11H2,1H3. The van der Waals surface area contributed by atoms with Gasteiger partial charge in [0.05, 0.1) is 0 Å². The summed E-state index contributed by atoms with van der Waals surface area (Å²) in [7, 11) is 0. The van der Waals surface area contributed by atoms with Gasteiger partial charge in [0, 0.05) is 32.6 Å². The molecule has 1 heterocycles. The molecule has 2 aliphatic rings. The Kier molecular flexibility index (Phi) is 4.84. The molecule has 17 heavy (non-hydrogen) atoms. The lowest BCUT2D eigenvalue weighted by Crippen LogP contribution is -2.53. The minimum atomic E-state index is 0.250. The Labute approximate surface area is 105 Å². The average Bonchev–Trinajstić information content (AvgIpc) is 2.38. The molecule has 0 spiro atoms. The van der Waals surface area contributed by atoms with Gasteiger partial charge in [-0.15, -0.1) is 0 Å². The molecule has 1 saturated heterocycles. The van der Waals surface area contributed by atoms with Gasteiger partial charge < -0.3 is 10.2 Å². The van der Waals surface area contributed by atoms with Gasteiger partial charge in [-0.2, -0.15) is 0 Å². The highest BCUT2D eigenvalue weighted by Crippen LogP contribution is 2.28. The predicted octanol–water partition coefficient (Wildman–Crippen LogP) is 2.17. The summed E-state index contributed by atoms with van der Waals surface area (Å²) in [5.41, 5.74) is 0. The first kappa shape index (κ1) is 12.9. The predicted molar refractivity (Wildman–Crippen MR) is 69.9 cm³/mol. The van der Waals surface area contributed by atoms with Crippen LogP contribution in [0.4, 0.5) is 0 Å². The minimum Gasteiger partial charge on any atom is -0.337 e. The van der Waals surface area contributed by atoms with Gasteiger partial charge in [-0.1, -0.05) is 32.1 Å². The normalized spacial score (nSPS) is 27.1. The number of hydrogen-bond acceptors (Lipinski definition) is 2. The first-order valence-corrected chi connectivity index (χ1v) is 7.25. The van der Waals surface area contributed by atoms with Crippen LogP contribution in [0.25, 0.3) is 0 Å². The van der Waals surface area contributed by atoms with Crippen LogP contribution in [0.2, 0.25) is 0 Å². The molecule has 3 heteroatoms. The van der Waals surface area contributed by atoms with E-state index in [0.29, 0.717) is 6.04 Å². The van der Waals surface area contributed by atoms with Crippen molar-refractivity contribution < 1.29 is 4.79 Å². The van der Waals surface area contributed by atoms with Crippen molar-refractivity contribution in [3.8, 4) is 0 Å². The van der Waals surface area contributed by atoms with Gasteiger partial charge in [-0.3, -0.25) is 4.79 Å². The maximum Gasteiger partial charge on any atom is 0.219 e. The molecule has 2 fully saturated rings. The molecular formula is C14H26N2O. The van der Waals surface area contributed by atoms with Crippen molar-refractivity contribution in [3.63, 3.8) is 0 Å². The van der Waals surface area contributed by atoms with Crippen molar-refractivity contribution in [3.05, 3.63) is 0 Å². The zero-order valence-electron chi connectivity index (χ0n) is 11.1. The molecule has 1 unspecified atom stereocenters. The molecule has 1 atom stereocenters. The topological polar surface area (TPSA) is 32.3 Å². The van der Waals surface area contributed by atoms with E-state index in [-0.39, 0.29) is 5.91 Å². The second-order valence-electron chi connectivity index (χ2n) is 5.65. The smallest absolute Gasteiger partial charge is 0.219 e. The molecule has 1 aliphatic carbocycles. The summed E-state index contributed by atoms with van der Waals surface area (Å²) in [5, 5.41) is 3.41. The molecule has 0 bridgehead atoms. The minimum absolute atomic E-state index is 0.250. The molecule has 1 aliphatic heterocycles. The summed E-state index contributed by atoms with van der Waals surface area (Å²) in [6.07, 6.45) is 9.61. The third-order valence-electron chi connectivity index (χ3n) is 4.39. The number of nitrogens with zero attached hydrogens (tertiary/aromatic N) is 1. The fourth-order valence-corrected chi connectivity index (χ4v) is 3.34. The number of rotatable bonds is 3. The van der Waals surface area contributed by atoms with Crippen molar-refractivity contribution in [2.75, 3.05) is 19.6 Å². The molecule has 1 saturated carbocycles. The van der Waals surface area contributed by atoms with Crippen molar-refractivity contribution >= 4 is 5.91 Å². The monoisotopic (exact) mass is 238 g/mol. The van der Waals surface area contributed by atoms with E-state index in [9.17, 15) is 4.79 Å². The van der Waals surface area contributed by atoms with Gasteiger partial charge in [0.2, 0.25) is 5.91 Å². The lowest BCUT2D eigenvalue weighted by molar-refractivity contribution is -0.132. The highest BCUT2D eigenvalue weighted by atomic mass is 16.2. The van der Waals surface area contributed by atoms with Gasteiger partial charge in [0.25, 0.3) is 0 Å². The maximum atomic E-state index is 11.6. The Balaban J connectivity index is 1.77. The van der Waals surface area contributed by atoms with E-state index in [4.69, 9.17) is 0 Å². The molecule has 1 amide bonds. The first-order chi connectivity index (χ1) is 8.27. The van der Waals surface area contributed by atoms with Crippen LogP contribution < -0.4 is 5.32 Å². The average molecular weight is 238 g/mol. The van der Waals surface area contributed by atoms with Crippen LogP contribution >= 0.6 is 0 Å². The molecular weight excluding hydrogens is 212 g/mol. The van der Waals surface area contributed by atoms with E-state index in [0.717, 1.165) is 25.6 Å². The lowest BCUT2D eigenvalue weighted by Gasteiger charge is -2.36. The van der Waals surface area contributed by atoms with Gasteiger partial charge in [-0.25, -0.2) is 0 Å². The van der Waals surface area contributed by atoms with Gasteiger partial charge in [0.15, 0.2) is 0 Å². The number of nitrogens with one attached hydrogen (secondary N) is 1. The fraction of sp³-hybridized carbons (Fsp3) is 0.929. The van der Waals surface area contributed by atoms with Crippen LogP contribution in [0.5, 0.6) is 0 Å². The van der Waals surface area contributed by atoms with E-state index in [1.54, 1.807) is 6.92 Å². The molecule has 0 radical (unpaired) electrons. The number of carbonyl (C=O) groups is 1. The van der Waals surface area contributed by atoms with Crippen LogP contribution in [0, 0.1) is 5.92 Å². The van der Waals surface area contributed by atoms with Gasteiger partial charge in [-0.05, 0) is 18.8 Å². The Hall–Kier alpha value is -0.570. The molecule has 0 aromatic carbocycles. The number of carbonyl (C=O) groups excluding carboxylic acids is 1. The zero-order valence-corrected chi connectivity index (χ0v) is 11.1. The second-order valence-corrected chi connectivity index (χ2v) is 5.65. The van der Waals surface area contributed by atoms with E-state index in [1.807, 2.05) is 0 Å².